The summed E-state index contributed by atoms with van der Waals surface area (Å²) in [7, 11) is 0. The molecule has 2 aromatic heterocycles. The predicted octanol–water partition coefficient (Wildman–Crippen LogP) is 7.51. The number of hydrogen-bond donors (Lipinski definition) is 2. The predicted molar refractivity (Wildman–Crippen MR) is 188 cm³/mol. The number of fused-ring (bicyclic) bond motifs is 8. The summed E-state index contributed by atoms with van der Waals surface area (Å²) in [5, 5.41) is 5.48. The van der Waals surface area contributed by atoms with Gasteiger partial charge in [0.2, 0.25) is 0 Å². The average Bonchev–Trinajstić information content (AvgIpc) is 3.66. The Hall–Kier alpha value is -3.92. The van der Waals surface area contributed by atoms with Crippen LogP contribution in [0.2, 0.25) is 0 Å². The number of aryl methyl sites for hydroxylation is 2. The van der Waals surface area contributed by atoms with Gasteiger partial charge in [0.25, 0.3) is 0 Å². The van der Waals surface area contributed by atoms with Gasteiger partial charge in [0.1, 0.15) is 34.8 Å². The number of nitrogens with zero attached hydrogens (tertiary/aromatic N) is 5. The molecule has 6 bridgehead atoms. The standard InChI is InChI=1S/C31H34F2N6.C7H12FN/c1-3-26-37-30-24-16-36-29(28(30)33)23-15-21(34)14-20-9-10-25(32)22(27(20)23)8-4-6-18(2)35-12-11-19-7-5-13-39(17-19)31(24)38-26;8-6-4-7-2-1-3-9(7)5-6/h9-10,14-16,19,35H,2-8,11-13,17,34H2,1H3;6-7H,1-5H2. The number of nitrogen functional groups attached to an aromatic ring is 1. The number of piperidine rings is 1. The van der Waals surface area contributed by atoms with Crippen molar-refractivity contribution in [1.82, 2.24) is 25.2 Å². The number of benzene rings is 2. The van der Waals surface area contributed by atoms with Crippen molar-refractivity contribution in [1.29, 1.82) is 0 Å². The minimum absolute atomic E-state index is 0.127. The molecule has 3 N–H and O–H groups in total. The molecule has 5 aliphatic heterocycles. The van der Waals surface area contributed by atoms with Gasteiger partial charge in [0, 0.05) is 61.8 Å². The first-order valence-corrected chi connectivity index (χ1v) is 17.7. The van der Waals surface area contributed by atoms with Crippen molar-refractivity contribution < 1.29 is 13.2 Å². The van der Waals surface area contributed by atoms with Crippen molar-refractivity contribution in [2.45, 2.75) is 83.3 Å². The highest BCUT2D eigenvalue weighted by molar-refractivity contribution is 6.02. The van der Waals surface area contributed by atoms with Crippen LogP contribution in [0.25, 0.3) is 32.9 Å². The fraction of sp³-hybridized carbons (Fsp3) is 0.500. The third-order valence-electron chi connectivity index (χ3n) is 10.6. The number of nitrogens with one attached hydrogen (secondary N) is 1. The van der Waals surface area contributed by atoms with E-state index in [0.717, 1.165) is 75.2 Å². The molecule has 48 heavy (non-hydrogen) atoms. The van der Waals surface area contributed by atoms with E-state index in [4.69, 9.17) is 10.7 Å². The van der Waals surface area contributed by atoms with Crippen LogP contribution in [0.3, 0.4) is 0 Å². The Morgan fingerprint density at radius 2 is 1.88 bits per heavy atom. The lowest BCUT2D eigenvalue weighted by Crippen LogP contribution is -2.37. The van der Waals surface area contributed by atoms with Crippen LogP contribution in [-0.4, -0.2) is 64.8 Å². The molecule has 9 rings (SSSR count). The van der Waals surface area contributed by atoms with Gasteiger partial charge in [-0.05, 0) is 105 Å². The van der Waals surface area contributed by atoms with Gasteiger partial charge in [0.05, 0.1) is 5.39 Å². The van der Waals surface area contributed by atoms with E-state index >= 15 is 8.78 Å². The smallest absolute Gasteiger partial charge is 0.175 e. The third-order valence-corrected chi connectivity index (χ3v) is 10.6. The van der Waals surface area contributed by atoms with Gasteiger partial charge >= 0.3 is 0 Å². The summed E-state index contributed by atoms with van der Waals surface area (Å²) in [6.45, 7) is 10.6. The molecule has 10 heteroatoms. The van der Waals surface area contributed by atoms with E-state index in [0.29, 0.717) is 71.2 Å². The molecule has 7 nitrogen and oxygen atoms in total. The Morgan fingerprint density at radius 3 is 2.71 bits per heavy atom. The SMILES string of the molecule is C=C1CCCc2c(F)ccc3cc(N)cc(c23)-c2ncc3c(nc(CC)nc3c2F)N2CCCC(CCN1)C2.FC1CC2CCCN2C1. The molecule has 0 saturated carbocycles. The van der Waals surface area contributed by atoms with Gasteiger partial charge in [0.15, 0.2) is 5.82 Å². The van der Waals surface area contributed by atoms with Crippen LogP contribution in [0.5, 0.6) is 0 Å². The summed E-state index contributed by atoms with van der Waals surface area (Å²) < 4.78 is 44.4. The number of anilines is 2. The van der Waals surface area contributed by atoms with E-state index in [9.17, 15) is 4.39 Å². The lowest BCUT2D eigenvalue weighted by molar-refractivity contribution is 0.292. The summed E-state index contributed by atoms with van der Waals surface area (Å²) in [5.74, 6) is 0.974. The quantitative estimate of drug-likeness (QED) is 0.205. The zero-order valence-corrected chi connectivity index (χ0v) is 27.9. The molecule has 3 saturated heterocycles. The van der Waals surface area contributed by atoms with Crippen LogP contribution in [0.1, 0.15) is 69.7 Å². The van der Waals surface area contributed by atoms with Crippen molar-refractivity contribution >= 4 is 33.2 Å². The van der Waals surface area contributed by atoms with Crippen LogP contribution in [-0.2, 0) is 12.8 Å². The van der Waals surface area contributed by atoms with Gasteiger partial charge < -0.3 is 16.0 Å². The Bertz CT molecular complexity index is 1820. The highest BCUT2D eigenvalue weighted by atomic mass is 19.1. The lowest BCUT2D eigenvalue weighted by Gasteiger charge is -2.34. The number of pyridine rings is 1. The molecule has 3 unspecified atom stereocenters. The maximum atomic E-state index is 16.5. The van der Waals surface area contributed by atoms with E-state index in [2.05, 4.69) is 31.7 Å². The monoisotopic (exact) mass is 657 g/mol. The highest BCUT2D eigenvalue weighted by Crippen LogP contribution is 2.39. The molecule has 0 spiro atoms. The van der Waals surface area contributed by atoms with Crippen molar-refractivity contribution in [3.63, 3.8) is 0 Å². The van der Waals surface area contributed by atoms with Crippen LogP contribution in [0, 0.1) is 17.6 Å². The maximum Gasteiger partial charge on any atom is 0.175 e. The van der Waals surface area contributed by atoms with Crippen molar-refractivity contribution in [2.75, 3.05) is 43.4 Å². The van der Waals surface area contributed by atoms with E-state index in [1.807, 2.05) is 6.92 Å². The second-order valence-electron chi connectivity index (χ2n) is 13.9. The molecule has 4 aromatic rings. The number of rotatable bonds is 1. The number of hydrogen-bond acceptors (Lipinski definition) is 7. The Balaban J connectivity index is 0.000000347. The second-order valence-corrected chi connectivity index (χ2v) is 13.9. The fourth-order valence-corrected chi connectivity index (χ4v) is 8.18. The molecular weight excluding hydrogens is 611 g/mol. The molecule has 3 atom stereocenters. The van der Waals surface area contributed by atoms with E-state index in [1.54, 1.807) is 24.4 Å². The van der Waals surface area contributed by atoms with Crippen molar-refractivity contribution in [2.24, 2.45) is 5.92 Å². The number of halogens is 3. The second kappa shape index (κ2) is 13.9. The Kier molecular flexibility index (Phi) is 9.45. The summed E-state index contributed by atoms with van der Waals surface area (Å²) in [6, 6.07) is 7.26. The summed E-state index contributed by atoms with van der Waals surface area (Å²) in [5.41, 5.74) is 9.08. The minimum atomic E-state index is -0.528. The molecule has 0 aliphatic carbocycles. The lowest BCUT2D eigenvalue weighted by atomic mass is 9.92. The molecule has 254 valence electrons. The average molecular weight is 658 g/mol. The van der Waals surface area contributed by atoms with Gasteiger partial charge in [-0.1, -0.05) is 19.6 Å². The molecular formula is C38H46F3N7. The first-order chi connectivity index (χ1) is 23.3. The normalized spacial score (nSPS) is 23.1. The number of aromatic nitrogens is 3. The van der Waals surface area contributed by atoms with Crippen LogP contribution < -0.4 is 16.0 Å². The molecule has 0 radical (unpaired) electrons. The molecule has 7 heterocycles. The topological polar surface area (TPSA) is 83.2 Å². The zero-order chi connectivity index (χ0) is 33.4. The first-order valence-electron chi connectivity index (χ1n) is 17.7. The molecule has 2 aromatic carbocycles. The van der Waals surface area contributed by atoms with E-state index in [-0.39, 0.29) is 17.0 Å². The van der Waals surface area contributed by atoms with Crippen molar-refractivity contribution in [3.8, 4) is 11.3 Å². The highest BCUT2D eigenvalue weighted by Gasteiger charge is 2.34. The summed E-state index contributed by atoms with van der Waals surface area (Å²) in [4.78, 5) is 18.6. The molecule has 3 fully saturated rings. The van der Waals surface area contributed by atoms with Gasteiger partial charge in [-0.2, -0.15) is 0 Å². The van der Waals surface area contributed by atoms with Gasteiger partial charge in [-0.25, -0.2) is 23.1 Å². The number of nitrogens with two attached hydrogens (primary N) is 1. The van der Waals surface area contributed by atoms with E-state index < -0.39 is 12.0 Å². The minimum Gasteiger partial charge on any atom is -0.399 e. The van der Waals surface area contributed by atoms with Crippen molar-refractivity contribution in [3.05, 3.63) is 65.8 Å². The van der Waals surface area contributed by atoms with Crippen LogP contribution >= 0.6 is 0 Å². The first kappa shape index (κ1) is 32.6. The number of alkyl halides is 1. The van der Waals surface area contributed by atoms with E-state index in [1.165, 1.54) is 18.9 Å². The largest absolute Gasteiger partial charge is 0.399 e. The maximum absolute atomic E-state index is 16.5. The van der Waals surface area contributed by atoms with Gasteiger partial charge in [-0.3, -0.25) is 9.88 Å². The van der Waals surface area contributed by atoms with Crippen LogP contribution in [0.4, 0.5) is 24.7 Å². The molecule has 5 aliphatic rings. The third kappa shape index (κ3) is 6.56. The summed E-state index contributed by atoms with van der Waals surface area (Å²) >= 11 is 0. The van der Waals surface area contributed by atoms with Crippen LogP contribution in [0.15, 0.2) is 42.7 Å². The Morgan fingerprint density at radius 1 is 1.02 bits per heavy atom. The summed E-state index contributed by atoms with van der Waals surface area (Å²) in [6.07, 6.45) is 10.2. The van der Waals surface area contributed by atoms with Gasteiger partial charge in [-0.15, -0.1) is 0 Å². The Labute approximate surface area is 280 Å². The number of allylic oxidation sites excluding steroid dienone is 1. The molecule has 0 amide bonds. The zero-order valence-electron chi connectivity index (χ0n) is 27.9. The fourth-order valence-electron chi connectivity index (χ4n) is 8.18.